The third-order valence-corrected chi connectivity index (χ3v) is 3.72. The van der Waals surface area contributed by atoms with Gasteiger partial charge in [0.15, 0.2) is 5.43 Å². The highest BCUT2D eigenvalue weighted by Crippen LogP contribution is 2.15. The van der Waals surface area contributed by atoms with Crippen LogP contribution in [-0.4, -0.2) is 30.2 Å². The summed E-state index contributed by atoms with van der Waals surface area (Å²) >= 11 is 0. The molecule has 0 unspecified atom stereocenters. The van der Waals surface area contributed by atoms with E-state index < -0.39 is 5.97 Å². The number of nitriles is 1. The number of hydrogen-bond donors (Lipinski definition) is 0. The number of carbonyl (C=O) groups is 2. The second kappa shape index (κ2) is 8.62. The van der Waals surface area contributed by atoms with Crippen LogP contribution in [0.25, 0.3) is 17.0 Å². The first-order valence-electron chi connectivity index (χ1n) is 7.99. The Balaban J connectivity index is 2.58. The van der Waals surface area contributed by atoms with Gasteiger partial charge in [-0.15, -0.1) is 0 Å². The number of aromatic nitrogens is 1. The fourth-order valence-electron chi connectivity index (χ4n) is 2.47. The highest BCUT2D eigenvalue weighted by atomic mass is 16.5. The summed E-state index contributed by atoms with van der Waals surface area (Å²) < 4.78 is 11.2. The van der Waals surface area contributed by atoms with Crippen LogP contribution in [0.15, 0.2) is 40.8 Å². The minimum Gasteiger partial charge on any atom is -0.469 e. The molecule has 0 aliphatic carbocycles. The van der Waals surface area contributed by atoms with Crippen LogP contribution in [0.5, 0.6) is 0 Å². The molecule has 0 fully saturated rings. The standard InChI is InChI=1S/C19H18N2O5/c1-3-26-19(24)13(11-20)10-14-12-21(9-8-17(22)25-2)16-7-5-4-6-15(16)18(14)23/h4-7,10,12H,3,8-9H2,1-2H3/b13-10+. The topological polar surface area (TPSA) is 98.4 Å². The fourth-order valence-corrected chi connectivity index (χ4v) is 2.47. The van der Waals surface area contributed by atoms with Crippen molar-refractivity contribution in [3.63, 3.8) is 0 Å². The van der Waals surface area contributed by atoms with Crippen LogP contribution in [0, 0.1) is 11.3 Å². The molecule has 0 radical (unpaired) electrons. The van der Waals surface area contributed by atoms with Gasteiger partial charge in [0.2, 0.25) is 0 Å². The van der Waals surface area contributed by atoms with Crippen LogP contribution in [0.4, 0.5) is 0 Å². The third-order valence-electron chi connectivity index (χ3n) is 3.72. The molecule has 0 N–H and O–H groups in total. The number of aryl methyl sites for hydroxylation is 1. The Hall–Kier alpha value is -3.40. The molecule has 1 aromatic carbocycles. The summed E-state index contributed by atoms with van der Waals surface area (Å²) in [6.45, 7) is 2.04. The third kappa shape index (κ3) is 4.16. The van der Waals surface area contributed by atoms with Crippen molar-refractivity contribution >= 4 is 28.9 Å². The second-order valence-electron chi connectivity index (χ2n) is 5.34. The molecule has 7 heteroatoms. The van der Waals surface area contributed by atoms with Gasteiger partial charge in [-0.25, -0.2) is 4.79 Å². The Bertz CT molecular complexity index is 966. The Kier molecular flexibility index (Phi) is 6.28. The van der Waals surface area contributed by atoms with Crippen LogP contribution in [0.3, 0.4) is 0 Å². The van der Waals surface area contributed by atoms with Gasteiger partial charge in [-0.05, 0) is 25.1 Å². The quantitative estimate of drug-likeness (QED) is 0.447. The van der Waals surface area contributed by atoms with Crippen LogP contribution in [0.2, 0.25) is 0 Å². The zero-order valence-electron chi connectivity index (χ0n) is 14.5. The molecule has 134 valence electrons. The number of hydrogen-bond acceptors (Lipinski definition) is 6. The van der Waals surface area contributed by atoms with Crippen molar-refractivity contribution < 1.29 is 19.1 Å². The van der Waals surface area contributed by atoms with E-state index in [0.29, 0.717) is 10.9 Å². The number of methoxy groups -OCH3 is 1. The summed E-state index contributed by atoms with van der Waals surface area (Å²) in [5, 5.41) is 9.60. The maximum absolute atomic E-state index is 12.7. The van der Waals surface area contributed by atoms with Crippen LogP contribution < -0.4 is 5.43 Å². The zero-order valence-corrected chi connectivity index (χ0v) is 14.5. The number of para-hydroxylation sites is 1. The Morgan fingerprint density at radius 3 is 2.69 bits per heavy atom. The molecule has 26 heavy (non-hydrogen) atoms. The molecule has 0 saturated heterocycles. The molecule has 0 amide bonds. The first kappa shape index (κ1) is 18.9. The van der Waals surface area contributed by atoms with Gasteiger partial charge < -0.3 is 14.0 Å². The minimum atomic E-state index is -0.788. The largest absolute Gasteiger partial charge is 0.469 e. The van der Waals surface area contributed by atoms with Gasteiger partial charge >= 0.3 is 11.9 Å². The molecular formula is C19H18N2O5. The highest BCUT2D eigenvalue weighted by molar-refractivity contribution is 5.98. The number of esters is 2. The first-order chi connectivity index (χ1) is 12.5. The smallest absolute Gasteiger partial charge is 0.348 e. The van der Waals surface area contributed by atoms with Crippen molar-refractivity contribution in [1.82, 2.24) is 4.57 Å². The van der Waals surface area contributed by atoms with E-state index in [1.54, 1.807) is 41.8 Å². The van der Waals surface area contributed by atoms with Crippen LogP contribution >= 0.6 is 0 Å². The molecule has 1 aromatic heterocycles. The molecule has 7 nitrogen and oxygen atoms in total. The fraction of sp³-hybridized carbons (Fsp3) is 0.263. The van der Waals surface area contributed by atoms with E-state index in [0.717, 1.165) is 0 Å². The molecule has 0 bridgehead atoms. The number of benzene rings is 1. The maximum Gasteiger partial charge on any atom is 0.348 e. The van der Waals surface area contributed by atoms with Crippen LogP contribution in [-0.2, 0) is 25.6 Å². The van der Waals surface area contributed by atoms with E-state index in [1.807, 2.05) is 0 Å². The van der Waals surface area contributed by atoms with E-state index in [-0.39, 0.29) is 42.1 Å². The van der Waals surface area contributed by atoms with Crippen molar-refractivity contribution in [2.24, 2.45) is 0 Å². The maximum atomic E-state index is 12.7. The first-order valence-corrected chi connectivity index (χ1v) is 7.99. The molecule has 0 atom stereocenters. The van der Waals surface area contributed by atoms with Crippen molar-refractivity contribution in [2.75, 3.05) is 13.7 Å². The van der Waals surface area contributed by atoms with Gasteiger partial charge in [0.25, 0.3) is 0 Å². The molecule has 0 spiro atoms. The normalized spacial score (nSPS) is 11.0. The van der Waals surface area contributed by atoms with E-state index in [1.165, 1.54) is 19.4 Å². The average molecular weight is 354 g/mol. The summed E-state index contributed by atoms with van der Waals surface area (Å²) in [4.78, 5) is 36.0. The molecule has 0 saturated carbocycles. The zero-order chi connectivity index (χ0) is 19.1. The molecule has 1 heterocycles. The van der Waals surface area contributed by atoms with E-state index in [2.05, 4.69) is 4.74 Å². The number of ether oxygens (including phenoxy) is 2. The number of fused-ring (bicyclic) bond motifs is 1. The lowest BCUT2D eigenvalue weighted by molar-refractivity contribution is -0.141. The van der Waals surface area contributed by atoms with Crippen molar-refractivity contribution in [2.45, 2.75) is 19.9 Å². The molecule has 2 aromatic rings. The van der Waals surface area contributed by atoms with Crippen molar-refractivity contribution in [3.8, 4) is 6.07 Å². The Morgan fingerprint density at radius 1 is 1.31 bits per heavy atom. The van der Waals surface area contributed by atoms with E-state index in [4.69, 9.17) is 4.74 Å². The Labute approximate surface area is 150 Å². The summed E-state index contributed by atoms with van der Waals surface area (Å²) in [6.07, 6.45) is 2.85. The molecular weight excluding hydrogens is 336 g/mol. The Morgan fingerprint density at radius 2 is 2.04 bits per heavy atom. The van der Waals surface area contributed by atoms with Crippen molar-refractivity contribution in [1.29, 1.82) is 5.26 Å². The molecule has 2 rings (SSSR count). The van der Waals surface area contributed by atoms with Gasteiger partial charge in [-0.2, -0.15) is 5.26 Å². The predicted octanol–water partition coefficient (Wildman–Crippen LogP) is 2.03. The number of nitrogens with zero attached hydrogens (tertiary/aromatic N) is 2. The van der Waals surface area contributed by atoms with E-state index in [9.17, 15) is 19.6 Å². The van der Waals surface area contributed by atoms with Crippen LogP contribution in [0.1, 0.15) is 18.9 Å². The second-order valence-corrected chi connectivity index (χ2v) is 5.34. The number of rotatable bonds is 6. The van der Waals surface area contributed by atoms with Crippen molar-refractivity contribution in [3.05, 3.63) is 51.8 Å². The predicted molar refractivity (Wildman–Crippen MR) is 95.1 cm³/mol. The summed E-state index contributed by atoms with van der Waals surface area (Å²) in [7, 11) is 1.30. The number of pyridine rings is 1. The molecule has 0 aliphatic rings. The van der Waals surface area contributed by atoms with E-state index >= 15 is 0 Å². The lowest BCUT2D eigenvalue weighted by atomic mass is 10.1. The van der Waals surface area contributed by atoms with Gasteiger partial charge in [0.1, 0.15) is 11.6 Å². The number of carbonyl (C=O) groups excluding carboxylic acids is 2. The lowest BCUT2D eigenvalue weighted by Gasteiger charge is -2.12. The minimum absolute atomic E-state index is 0.121. The molecule has 0 aliphatic heterocycles. The summed E-state index contributed by atoms with van der Waals surface area (Å²) in [5.41, 5.74) is 0.233. The van der Waals surface area contributed by atoms with Gasteiger partial charge in [-0.1, -0.05) is 12.1 Å². The van der Waals surface area contributed by atoms with Gasteiger partial charge in [-0.3, -0.25) is 9.59 Å². The SMILES string of the molecule is CCOC(=O)/C(C#N)=C/c1cn(CCC(=O)OC)c2ccccc2c1=O. The van der Waals surface area contributed by atoms with Gasteiger partial charge in [0, 0.05) is 23.7 Å². The monoisotopic (exact) mass is 354 g/mol. The highest BCUT2D eigenvalue weighted by Gasteiger charge is 2.14. The van der Waals surface area contributed by atoms with Gasteiger partial charge in [0.05, 0.1) is 25.7 Å². The average Bonchev–Trinajstić information content (AvgIpc) is 2.66. The summed E-state index contributed by atoms with van der Waals surface area (Å²) in [5.74, 6) is -1.17. The summed E-state index contributed by atoms with van der Waals surface area (Å²) in [6, 6.07) is 8.67. The lowest BCUT2D eigenvalue weighted by Crippen LogP contribution is -2.15.